The number of aromatic nitrogens is 2. The molecule has 3 rings (SSSR count). The Kier molecular flexibility index (Phi) is 4.71. The quantitative estimate of drug-likeness (QED) is 0.890. The minimum absolute atomic E-state index is 0.422. The van der Waals surface area contributed by atoms with E-state index in [1.54, 1.807) is 6.20 Å². The van der Waals surface area contributed by atoms with Crippen molar-refractivity contribution < 1.29 is 5.11 Å². The molecule has 1 aromatic heterocycles. The van der Waals surface area contributed by atoms with Gasteiger partial charge in [0.1, 0.15) is 0 Å². The van der Waals surface area contributed by atoms with Crippen LogP contribution >= 0.6 is 0 Å². The van der Waals surface area contributed by atoms with Gasteiger partial charge in [-0.05, 0) is 37.0 Å². The molecule has 1 aliphatic rings. The zero-order valence-corrected chi connectivity index (χ0v) is 12.5. The third-order valence-corrected chi connectivity index (χ3v) is 4.59. The van der Waals surface area contributed by atoms with Crippen LogP contribution in [0.1, 0.15) is 56.7 Å². The number of aliphatic hydroxyl groups is 1. The summed E-state index contributed by atoms with van der Waals surface area (Å²) in [6.45, 7) is 0. The Morgan fingerprint density at radius 2 is 1.86 bits per heavy atom. The second-order valence-electron chi connectivity index (χ2n) is 6.10. The smallest absolute Gasteiger partial charge is 0.0961 e. The monoisotopic (exact) mass is 284 g/mol. The number of para-hydroxylation sites is 1. The summed E-state index contributed by atoms with van der Waals surface area (Å²) in [7, 11) is 0. The summed E-state index contributed by atoms with van der Waals surface area (Å²) in [4.78, 5) is 0. The van der Waals surface area contributed by atoms with Gasteiger partial charge in [-0.2, -0.15) is 5.10 Å². The number of hydrogen-bond donors (Lipinski definition) is 1. The number of nitrogens with zero attached hydrogens (tertiary/aromatic N) is 2. The lowest BCUT2D eigenvalue weighted by atomic mass is 9.85. The van der Waals surface area contributed by atoms with E-state index >= 15 is 0 Å². The Hall–Kier alpha value is -1.61. The number of aliphatic hydroxyl groups excluding tert-OH is 1. The Labute approximate surface area is 126 Å². The predicted molar refractivity (Wildman–Crippen MR) is 84.3 cm³/mol. The van der Waals surface area contributed by atoms with Gasteiger partial charge in [0.05, 0.1) is 17.5 Å². The van der Waals surface area contributed by atoms with Gasteiger partial charge in [0, 0.05) is 6.20 Å². The molecule has 21 heavy (non-hydrogen) atoms. The van der Waals surface area contributed by atoms with E-state index in [0.29, 0.717) is 0 Å². The van der Waals surface area contributed by atoms with E-state index in [1.165, 1.54) is 32.1 Å². The van der Waals surface area contributed by atoms with Crippen LogP contribution in [0.15, 0.2) is 42.6 Å². The molecule has 0 saturated heterocycles. The van der Waals surface area contributed by atoms with Gasteiger partial charge in [-0.25, -0.2) is 4.68 Å². The van der Waals surface area contributed by atoms with Gasteiger partial charge >= 0.3 is 0 Å². The molecular weight excluding hydrogens is 260 g/mol. The van der Waals surface area contributed by atoms with Gasteiger partial charge in [0.25, 0.3) is 0 Å². The summed E-state index contributed by atoms with van der Waals surface area (Å²) in [6, 6.07) is 11.9. The average Bonchev–Trinajstić information content (AvgIpc) is 3.04. The fourth-order valence-electron chi connectivity index (χ4n) is 3.37. The lowest BCUT2D eigenvalue weighted by molar-refractivity contribution is 0.144. The first-order valence-electron chi connectivity index (χ1n) is 8.12. The zero-order valence-electron chi connectivity index (χ0n) is 12.5. The molecule has 2 aromatic rings. The van der Waals surface area contributed by atoms with Gasteiger partial charge in [-0.1, -0.05) is 50.3 Å². The molecule has 3 heteroatoms. The van der Waals surface area contributed by atoms with Crippen LogP contribution < -0.4 is 0 Å². The van der Waals surface area contributed by atoms with E-state index in [0.717, 1.165) is 30.1 Å². The van der Waals surface area contributed by atoms with Gasteiger partial charge in [0.2, 0.25) is 0 Å². The minimum atomic E-state index is -0.422. The van der Waals surface area contributed by atoms with Gasteiger partial charge in [-0.15, -0.1) is 0 Å². The summed E-state index contributed by atoms with van der Waals surface area (Å²) in [5.74, 6) is 0.807. The SMILES string of the molecule is OC(CCC1CCCCC1)c1ccnn1-c1ccccc1. The molecule has 1 saturated carbocycles. The average molecular weight is 284 g/mol. The van der Waals surface area contributed by atoms with Crippen molar-refractivity contribution in [2.45, 2.75) is 51.0 Å². The van der Waals surface area contributed by atoms with Crippen LogP contribution in [-0.2, 0) is 0 Å². The first kappa shape index (κ1) is 14.3. The molecule has 1 aliphatic carbocycles. The van der Waals surface area contributed by atoms with Crippen molar-refractivity contribution in [3.05, 3.63) is 48.3 Å². The molecule has 0 amide bonds. The normalized spacial score (nSPS) is 17.8. The molecule has 1 heterocycles. The van der Waals surface area contributed by atoms with E-state index in [2.05, 4.69) is 5.10 Å². The Morgan fingerprint density at radius 1 is 1.10 bits per heavy atom. The third kappa shape index (κ3) is 3.53. The predicted octanol–water partition coefficient (Wildman–Crippen LogP) is 4.27. The van der Waals surface area contributed by atoms with Crippen molar-refractivity contribution in [2.75, 3.05) is 0 Å². The molecule has 3 nitrogen and oxygen atoms in total. The first-order chi connectivity index (χ1) is 10.3. The fourth-order valence-corrected chi connectivity index (χ4v) is 3.37. The topological polar surface area (TPSA) is 38.1 Å². The van der Waals surface area contributed by atoms with Crippen LogP contribution in [0.5, 0.6) is 0 Å². The molecular formula is C18H24N2O. The van der Waals surface area contributed by atoms with Crippen LogP contribution in [0.4, 0.5) is 0 Å². The maximum absolute atomic E-state index is 10.5. The van der Waals surface area contributed by atoms with E-state index in [-0.39, 0.29) is 0 Å². The summed E-state index contributed by atoms with van der Waals surface area (Å²) in [5, 5.41) is 14.9. The summed E-state index contributed by atoms with van der Waals surface area (Å²) in [5.41, 5.74) is 1.91. The highest BCUT2D eigenvalue weighted by Crippen LogP contribution is 2.30. The van der Waals surface area contributed by atoms with Crippen molar-refractivity contribution in [3.63, 3.8) is 0 Å². The number of benzene rings is 1. The van der Waals surface area contributed by atoms with Crippen LogP contribution in [0, 0.1) is 5.92 Å². The Balaban J connectivity index is 1.65. The second kappa shape index (κ2) is 6.90. The van der Waals surface area contributed by atoms with Crippen molar-refractivity contribution in [3.8, 4) is 5.69 Å². The van der Waals surface area contributed by atoms with Crippen molar-refractivity contribution in [2.24, 2.45) is 5.92 Å². The van der Waals surface area contributed by atoms with Crippen LogP contribution in [-0.4, -0.2) is 14.9 Å². The van der Waals surface area contributed by atoms with Crippen molar-refractivity contribution in [1.29, 1.82) is 0 Å². The van der Waals surface area contributed by atoms with Crippen LogP contribution in [0.3, 0.4) is 0 Å². The summed E-state index contributed by atoms with van der Waals surface area (Å²) < 4.78 is 1.85. The Morgan fingerprint density at radius 3 is 2.62 bits per heavy atom. The minimum Gasteiger partial charge on any atom is -0.387 e. The third-order valence-electron chi connectivity index (χ3n) is 4.59. The summed E-state index contributed by atoms with van der Waals surface area (Å²) in [6.07, 6.45) is 10.1. The van der Waals surface area contributed by atoms with E-state index < -0.39 is 6.10 Å². The van der Waals surface area contributed by atoms with Gasteiger partial charge in [-0.3, -0.25) is 0 Å². The van der Waals surface area contributed by atoms with Crippen molar-refractivity contribution in [1.82, 2.24) is 9.78 Å². The highest BCUT2D eigenvalue weighted by Gasteiger charge is 2.18. The molecule has 1 atom stereocenters. The van der Waals surface area contributed by atoms with E-state index in [1.807, 2.05) is 41.1 Å². The number of rotatable bonds is 5. The molecule has 0 spiro atoms. The van der Waals surface area contributed by atoms with Gasteiger partial charge < -0.3 is 5.11 Å². The maximum atomic E-state index is 10.5. The van der Waals surface area contributed by atoms with Crippen LogP contribution in [0.25, 0.3) is 5.69 Å². The molecule has 0 radical (unpaired) electrons. The lowest BCUT2D eigenvalue weighted by Gasteiger charge is -2.22. The molecule has 112 valence electrons. The van der Waals surface area contributed by atoms with E-state index in [4.69, 9.17) is 0 Å². The largest absolute Gasteiger partial charge is 0.387 e. The zero-order chi connectivity index (χ0) is 14.5. The molecule has 1 unspecified atom stereocenters. The molecule has 1 aromatic carbocycles. The van der Waals surface area contributed by atoms with Crippen molar-refractivity contribution >= 4 is 0 Å². The maximum Gasteiger partial charge on any atom is 0.0961 e. The summed E-state index contributed by atoms with van der Waals surface area (Å²) >= 11 is 0. The van der Waals surface area contributed by atoms with E-state index in [9.17, 15) is 5.11 Å². The molecule has 0 aliphatic heterocycles. The first-order valence-corrected chi connectivity index (χ1v) is 8.12. The number of hydrogen-bond acceptors (Lipinski definition) is 2. The van der Waals surface area contributed by atoms with Crippen LogP contribution in [0.2, 0.25) is 0 Å². The Bertz CT molecular complexity index is 543. The highest BCUT2D eigenvalue weighted by molar-refractivity contribution is 5.32. The highest BCUT2D eigenvalue weighted by atomic mass is 16.3. The molecule has 0 bridgehead atoms. The fraction of sp³-hybridized carbons (Fsp3) is 0.500. The molecule has 1 fully saturated rings. The van der Waals surface area contributed by atoms with Gasteiger partial charge in [0.15, 0.2) is 0 Å². The molecule has 1 N–H and O–H groups in total. The standard InChI is InChI=1S/C18H24N2O/c21-18(12-11-15-7-3-1-4-8-15)17-13-14-19-20(17)16-9-5-2-6-10-16/h2,5-6,9-10,13-15,18,21H,1,3-4,7-8,11-12H2. The second-order valence-corrected chi connectivity index (χ2v) is 6.10. The lowest BCUT2D eigenvalue weighted by Crippen LogP contribution is -2.11.